The molecule has 172 valence electrons. The average molecular weight is 454 g/mol. The van der Waals surface area contributed by atoms with Crippen molar-refractivity contribution in [3.05, 3.63) is 60.2 Å². The zero-order valence-electron chi connectivity index (χ0n) is 17.4. The Morgan fingerprint density at radius 3 is 1.78 bits per heavy atom. The summed E-state index contributed by atoms with van der Waals surface area (Å²) in [5.41, 5.74) is -0.390. The highest BCUT2D eigenvalue weighted by atomic mass is 19.1. The predicted octanol–water partition coefficient (Wildman–Crippen LogP) is 6.34. The third-order valence-electron chi connectivity index (χ3n) is 4.15. The Balaban J connectivity index is 1.87. The van der Waals surface area contributed by atoms with Gasteiger partial charge in [-0.25, -0.2) is 22.4 Å². The number of rotatable bonds is 12. The first kappa shape index (κ1) is 24.8. The van der Waals surface area contributed by atoms with Crippen molar-refractivity contribution in [2.24, 2.45) is 10.2 Å². The number of esters is 1. The van der Waals surface area contributed by atoms with Crippen molar-refractivity contribution in [1.82, 2.24) is 0 Å². The number of halogens is 4. The Morgan fingerprint density at radius 1 is 0.844 bits per heavy atom. The number of hydrogen-bond donors (Lipinski definition) is 0. The van der Waals surface area contributed by atoms with E-state index in [0.717, 1.165) is 50.3 Å². The van der Waals surface area contributed by atoms with Crippen LogP contribution < -0.4 is 9.47 Å². The summed E-state index contributed by atoms with van der Waals surface area (Å²) in [4.78, 5) is 10.9. The van der Waals surface area contributed by atoms with Crippen LogP contribution in [0.15, 0.2) is 47.1 Å². The summed E-state index contributed by atoms with van der Waals surface area (Å²) >= 11 is 0. The first-order valence-electron chi connectivity index (χ1n) is 9.71. The molecule has 0 bridgehead atoms. The smallest absolute Gasteiger partial charge is 0.330 e. The predicted molar refractivity (Wildman–Crippen MR) is 109 cm³/mol. The maximum atomic E-state index is 14.2. The van der Waals surface area contributed by atoms with Crippen LogP contribution in [-0.4, -0.2) is 26.3 Å². The molecule has 2 aromatic carbocycles. The van der Waals surface area contributed by atoms with Crippen LogP contribution >= 0.6 is 0 Å². The maximum Gasteiger partial charge on any atom is 0.330 e. The number of azo groups is 1. The fourth-order valence-corrected chi connectivity index (χ4v) is 2.62. The van der Waals surface area contributed by atoms with Gasteiger partial charge < -0.3 is 14.2 Å². The van der Waals surface area contributed by atoms with E-state index in [9.17, 15) is 22.4 Å². The summed E-state index contributed by atoms with van der Waals surface area (Å²) in [6.07, 6.45) is 3.76. The van der Waals surface area contributed by atoms with Gasteiger partial charge in [0.2, 0.25) is 0 Å². The first-order chi connectivity index (χ1) is 15.3. The largest absolute Gasteiger partial charge is 0.491 e. The average Bonchev–Trinajstić information content (AvgIpc) is 2.75. The molecule has 32 heavy (non-hydrogen) atoms. The molecule has 0 N–H and O–H groups in total. The van der Waals surface area contributed by atoms with E-state index in [1.807, 2.05) is 0 Å². The van der Waals surface area contributed by atoms with E-state index >= 15 is 0 Å². The van der Waals surface area contributed by atoms with Crippen molar-refractivity contribution in [2.75, 3.05) is 20.3 Å². The summed E-state index contributed by atoms with van der Waals surface area (Å²) in [5.74, 6) is -5.54. The highest BCUT2D eigenvalue weighted by Gasteiger charge is 2.14. The second kappa shape index (κ2) is 12.4. The normalized spacial score (nSPS) is 10.9. The topological polar surface area (TPSA) is 69.5 Å². The summed E-state index contributed by atoms with van der Waals surface area (Å²) in [5, 5.41) is 7.20. The molecular weight excluding hydrogens is 432 g/mol. The number of nitrogens with zero attached hydrogens (tertiary/aromatic N) is 2. The van der Waals surface area contributed by atoms with Gasteiger partial charge >= 0.3 is 5.97 Å². The third-order valence-corrected chi connectivity index (χ3v) is 4.15. The van der Waals surface area contributed by atoms with E-state index in [-0.39, 0.29) is 24.6 Å². The molecule has 0 fully saturated rings. The Kier molecular flexibility index (Phi) is 9.65. The molecule has 0 spiro atoms. The number of carbonyl (C=O) groups excluding carboxylic acids is 1. The van der Waals surface area contributed by atoms with E-state index in [2.05, 4.69) is 21.5 Å². The highest BCUT2D eigenvalue weighted by Crippen LogP contribution is 2.30. The number of ether oxygens (including phenoxy) is 3. The molecule has 0 saturated carbocycles. The van der Waals surface area contributed by atoms with Crippen LogP contribution in [0.1, 0.15) is 25.7 Å². The number of benzene rings is 2. The van der Waals surface area contributed by atoms with Crippen LogP contribution in [0.5, 0.6) is 11.5 Å². The van der Waals surface area contributed by atoms with E-state index < -0.39 is 40.7 Å². The second-order valence-electron chi connectivity index (χ2n) is 6.52. The van der Waals surface area contributed by atoms with Crippen LogP contribution in [0.4, 0.5) is 28.9 Å². The van der Waals surface area contributed by atoms with E-state index in [4.69, 9.17) is 9.47 Å². The van der Waals surface area contributed by atoms with Crippen LogP contribution in [0.2, 0.25) is 0 Å². The lowest BCUT2D eigenvalue weighted by molar-refractivity contribution is -0.137. The molecule has 10 heteroatoms. The fourth-order valence-electron chi connectivity index (χ4n) is 2.62. The molecule has 0 radical (unpaired) electrons. The summed E-state index contributed by atoms with van der Waals surface area (Å²) in [6.45, 7) is 3.66. The minimum Gasteiger partial charge on any atom is -0.491 e. The molecule has 0 aliphatic carbocycles. The lowest BCUT2D eigenvalue weighted by Gasteiger charge is -2.09. The minimum atomic E-state index is -0.986. The number of unbranched alkanes of at least 4 members (excludes halogenated alkanes) is 3. The molecule has 0 aromatic heterocycles. The van der Waals surface area contributed by atoms with Gasteiger partial charge in [0, 0.05) is 30.3 Å². The van der Waals surface area contributed by atoms with Crippen molar-refractivity contribution in [1.29, 1.82) is 0 Å². The lowest BCUT2D eigenvalue weighted by atomic mass is 10.2. The Labute approximate surface area is 182 Å². The molecule has 0 aliphatic rings. The van der Waals surface area contributed by atoms with E-state index in [0.29, 0.717) is 12.8 Å². The van der Waals surface area contributed by atoms with Gasteiger partial charge in [-0.3, -0.25) is 0 Å². The first-order valence-corrected chi connectivity index (χ1v) is 9.71. The molecule has 0 saturated heterocycles. The Bertz CT molecular complexity index is 936. The van der Waals surface area contributed by atoms with Crippen LogP contribution in [-0.2, 0) is 9.53 Å². The van der Waals surface area contributed by atoms with Gasteiger partial charge in [-0.15, -0.1) is 0 Å². The zero-order chi connectivity index (χ0) is 23.5. The van der Waals surface area contributed by atoms with Gasteiger partial charge in [0.1, 0.15) is 0 Å². The van der Waals surface area contributed by atoms with Gasteiger partial charge in [-0.05, 0) is 25.7 Å². The molecule has 6 nitrogen and oxygen atoms in total. The summed E-state index contributed by atoms with van der Waals surface area (Å²) in [6, 6.07) is 3.54. The number of hydrogen-bond acceptors (Lipinski definition) is 6. The van der Waals surface area contributed by atoms with Gasteiger partial charge in [0.25, 0.3) is 0 Å². The monoisotopic (exact) mass is 454 g/mol. The van der Waals surface area contributed by atoms with Gasteiger partial charge in [-0.1, -0.05) is 6.58 Å². The molecule has 0 aliphatic heterocycles. The third kappa shape index (κ3) is 7.36. The molecule has 0 unspecified atom stereocenters. The molecule has 2 aromatic rings. The van der Waals surface area contributed by atoms with E-state index in [1.165, 1.54) is 0 Å². The van der Waals surface area contributed by atoms with Crippen molar-refractivity contribution in [2.45, 2.75) is 25.7 Å². The Hall–Kier alpha value is -3.43. The summed E-state index contributed by atoms with van der Waals surface area (Å²) in [7, 11) is 1.11. The zero-order valence-corrected chi connectivity index (χ0v) is 17.4. The molecule has 0 heterocycles. The van der Waals surface area contributed by atoms with Crippen molar-refractivity contribution >= 4 is 17.3 Å². The highest BCUT2D eigenvalue weighted by molar-refractivity contribution is 5.81. The van der Waals surface area contributed by atoms with Gasteiger partial charge in [0.05, 0.1) is 31.7 Å². The van der Waals surface area contributed by atoms with Gasteiger partial charge in [-0.2, -0.15) is 10.2 Å². The standard InChI is InChI=1S/C22H22F4N2O4/c1-3-20(29)31-8-6-4-5-7-9-32-22-18(25)12-15(13-19(22)26)28-27-14-10-16(23)21(30-2)17(24)11-14/h3,10-13H,1,4-9H2,2H3. The maximum absolute atomic E-state index is 14.2. The number of methoxy groups -OCH3 is 1. The second-order valence-corrected chi connectivity index (χ2v) is 6.52. The minimum absolute atomic E-state index is 0.0888. The van der Waals surface area contributed by atoms with Crippen molar-refractivity contribution in [3.8, 4) is 11.5 Å². The van der Waals surface area contributed by atoms with Crippen molar-refractivity contribution < 1.29 is 36.6 Å². The summed E-state index contributed by atoms with van der Waals surface area (Å²) < 4.78 is 70.3. The SMILES string of the molecule is C=CC(=O)OCCCCCCOc1c(F)cc(N=Nc2cc(F)c(OC)c(F)c2)cc1F. The molecule has 2 rings (SSSR count). The van der Waals surface area contributed by atoms with Crippen molar-refractivity contribution in [3.63, 3.8) is 0 Å². The molecule has 0 amide bonds. The van der Waals surface area contributed by atoms with Crippen LogP contribution in [0.25, 0.3) is 0 Å². The van der Waals surface area contributed by atoms with Crippen LogP contribution in [0.3, 0.4) is 0 Å². The Morgan fingerprint density at radius 2 is 1.31 bits per heavy atom. The molecular formula is C22H22F4N2O4. The fraction of sp³-hybridized carbons (Fsp3) is 0.318. The lowest BCUT2D eigenvalue weighted by Crippen LogP contribution is -2.03. The van der Waals surface area contributed by atoms with E-state index in [1.54, 1.807) is 0 Å². The number of carbonyl (C=O) groups is 1. The quantitative estimate of drug-likeness (QED) is 0.123. The molecule has 0 atom stereocenters. The van der Waals surface area contributed by atoms with Crippen LogP contribution in [0, 0.1) is 23.3 Å². The van der Waals surface area contributed by atoms with Gasteiger partial charge in [0.15, 0.2) is 34.8 Å².